The first-order valence-electron chi connectivity index (χ1n) is 5.71. The maximum Gasteiger partial charge on any atom is 0.223 e. The van der Waals surface area contributed by atoms with Crippen LogP contribution in [0.25, 0.3) is 0 Å². The van der Waals surface area contributed by atoms with Crippen LogP contribution >= 0.6 is 0 Å². The van der Waals surface area contributed by atoms with Crippen LogP contribution in [0.5, 0.6) is 5.75 Å². The summed E-state index contributed by atoms with van der Waals surface area (Å²) in [7, 11) is 0. The number of nitrogens with zero attached hydrogens (tertiary/aromatic N) is 2. The molecule has 2 rings (SSSR count). The molecule has 2 aromatic rings. The van der Waals surface area contributed by atoms with E-state index in [9.17, 15) is 4.39 Å². The third kappa shape index (κ3) is 3.41. The van der Waals surface area contributed by atoms with Crippen molar-refractivity contribution < 1.29 is 9.13 Å². The van der Waals surface area contributed by atoms with E-state index in [0.717, 1.165) is 23.7 Å². The topological polar surface area (TPSA) is 47.0 Å². The highest BCUT2D eigenvalue weighted by Gasteiger charge is 1.99. The second-order valence-electron chi connectivity index (χ2n) is 3.66. The van der Waals surface area contributed by atoms with Gasteiger partial charge in [0.05, 0.1) is 19.0 Å². The fourth-order valence-corrected chi connectivity index (χ4v) is 1.50. The van der Waals surface area contributed by atoms with Crippen molar-refractivity contribution in [3.63, 3.8) is 0 Å². The molecule has 0 saturated heterocycles. The summed E-state index contributed by atoms with van der Waals surface area (Å²) in [6.45, 7) is 3.14. The Hall–Kier alpha value is -2.17. The number of rotatable bonds is 5. The summed E-state index contributed by atoms with van der Waals surface area (Å²) < 4.78 is 18.0. The highest BCUT2D eigenvalue weighted by atomic mass is 19.1. The lowest BCUT2D eigenvalue weighted by atomic mass is 10.2. The van der Waals surface area contributed by atoms with E-state index in [1.807, 2.05) is 31.2 Å². The van der Waals surface area contributed by atoms with Crippen molar-refractivity contribution in [3.05, 3.63) is 48.0 Å². The summed E-state index contributed by atoms with van der Waals surface area (Å²) in [5.41, 5.74) is 1.05. The van der Waals surface area contributed by atoms with Gasteiger partial charge >= 0.3 is 0 Å². The molecule has 94 valence electrons. The first kappa shape index (κ1) is 12.3. The molecule has 1 heterocycles. The third-order valence-electron chi connectivity index (χ3n) is 2.28. The van der Waals surface area contributed by atoms with Gasteiger partial charge in [0.1, 0.15) is 5.75 Å². The number of aromatic nitrogens is 2. The van der Waals surface area contributed by atoms with Crippen LogP contribution in [0.15, 0.2) is 36.7 Å². The van der Waals surface area contributed by atoms with Crippen molar-refractivity contribution in [2.24, 2.45) is 0 Å². The lowest BCUT2D eigenvalue weighted by Crippen LogP contribution is -2.03. The van der Waals surface area contributed by atoms with Crippen LogP contribution in [0.1, 0.15) is 12.5 Å². The molecule has 0 spiro atoms. The SMILES string of the molecule is CCOc1cccc(CNc2ncc(F)cn2)c1. The summed E-state index contributed by atoms with van der Waals surface area (Å²) in [4.78, 5) is 7.65. The van der Waals surface area contributed by atoms with E-state index in [4.69, 9.17) is 4.74 Å². The van der Waals surface area contributed by atoms with Gasteiger partial charge in [-0.25, -0.2) is 14.4 Å². The van der Waals surface area contributed by atoms with Gasteiger partial charge in [0.2, 0.25) is 5.95 Å². The molecule has 0 atom stereocenters. The molecule has 1 aromatic heterocycles. The van der Waals surface area contributed by atoms with E-state index in [0.29, 0.717) is 19.1 Å². The molecule has 0 bridgehead atoms. The second kappa shape index (κ2) is 5.95. The fraction of sp³-hybridized carbons (Fsp3) is 0.231. The molecular formula is C13H14FN3O. The molecule has 1 N–H and O–H groups in total. The zero-order valence-corrected chi connectivity index (χ0v) is 10.1. The van der Waals surface area contributed by atoms with Gasteiger partial charge in [0, 0.05) is 6.54 Å². The average Bonchev–Trinajstić information content (AvgIpc) is 2.39. The fourth-order valence-electron chi connectivity index (χ4n) is 1.50. The van der Waals surface area contributed by atoms with E-state index >= 15 is 0 Å². The van der Waals surface area contributed by atoms with E-state index in [2.05, 4.69) is 15.3 Å². The molecule has 0 radical (unpaired) electrons. The number of benzene rings is 1. The highest BCUT2D eigenvalue weighted by Crippen LogP contribution is 2.14. The molecule has 0 amide bonds. The monoisotopic (exact) mass is 247 g/mol. The van der Waals surface area contributed by atoms with Crippen LogP contribution in [0, 0.1) is 5.82 Å². The molecular weight excluding hydrogens is 233 g/mol. The molecule has 1 aromatic carbocycles. The smallest absolute Gasteiger partial charge is 0.223 e. The van der Waals surface area contributed by atoms with Crippen molar-refractivity contribution in [2.45, 2.75) is 13.5 Å². The zero-order valence-electron chi connectivity index (χ0n) is 10.1. The normalized spacial score (nSPS) is 10.1. The van der Waals surface area contributed by atoms with Crippen molar-refractivity contribution in [2.75, 3.05) is 11.9 Å². The molecule has 18 heavy (non-hydrogen) atoms. The Kier molecular flexibility index (Phi) is 4.06. The molecule has 4 nitrogen and oxygen atoms in total. The Morgan fingerprint density at radius 3 is 2.78 bits per heavy atom. The third-order valence-corrected chi connectivity index (χ3v) is 2.28. The molecule has 0 aliphatic rings. The number of hydrogen-bond donors (Lipinski definition) is 1. The Bertz CT molecular complexity index is 502. The molecule has 5 heteroatoms. The Morgan fingerprint density at radius 1 is 1.28 bits per heavy atom. The Balaban J connectivity index is 1.97. The predicted molar refractivity (Wildman–Crippen MR) is 66.9 cm³/mol. The summed E-state index contributed by atoms with van der Waals surface area (Å²) in [6, 6.07) is 7.74. The van der Waals surface area contributed by atoms with Gasteiger partial charge in [-0.2, -0.15) is 0 Å². The average molecular weight is 247 g/mol. The summed E-state index contributed by atoms with van der Waals surface area (Å²) in [5, 5.41) is 3.01. The minimum Gasteiger partial charge on any atom is -0.494 e. The molecule has 0 saturated carbocycles. The van der Waals surface area contributed by atoms with E-state index < -0.39 is 5.82 Å². The van der Waals surface area contributed by atoms with Crippen molar-refractivity contribution >= 4 is 5.95 Å². The lowest BCUT2D eigenvalue weighted by Gasteiger charge is -2.07. The van der Waals surface area contributed by atoms with Crippen LogP contribution in [0.3, 0.4) is 0 Å². The van der Waals surface area contributed by atoms with E-state index in [1.54, 1.807) is 0 Å². The van der Waals surface area contributed by atoms with E-state index in [1.165, 1.54) is 0 Å². The minimum atomic E-state index is -0.445. The molecule has 0 unspecified atom stereocenters. The van der Waals surface area contributed by atoms with Gasteiger partial charge in [0.15, 0.2) is 5.82 Å². The maximum atomic E-state index is 12.6. The van der Waals surface area contributed by atoms with Gasteiger partial charge in [0.25, 0.3) is 0 Å². The quantitative estimate of drug-likeness (QED) is 0.882. The van der Waals surface area contributed by atoms with Crippen LogP contribution in [0.4, 0.5) is 10.3 Å². The maximum absolute atomic E-state index is 12.6. The number of halogens is 1. The summed E-state index contributed by atoms with van der Waals surface area (Å²) >= 11 is 0. The van der Waals surface area contributed by atoms with Crippen LogP contribution < -0.4 is 10.1 Å². The van der Waals surface area contributed by atoms with Gasteiger partial charge in [-0.1, -0.05) is 12.1 Å². The minimum absolute atomic E-state index is 0.401. The van der Waals surface area contributed by atoms with Crippen LogP contribution in [-0.4, -0.2) is 16.6 Å². The second-order valence-corrected chi connectivity index (χ2v) is 3.66. The van der Waals surface area contributed by atoms with Gasteiger partial charge in [-0.05, 0) is 24.6 Å². The number of nitrogens with one attached hydrogen (secondary N) is 1. The summed E-state index contributed by atoms with van der Waals surface area (Å²) in [6.07, 6.45) is 2.26. The largest absolute Gasteiger partial charge is 0.494 e. The Labute approximate surface area is 105 Å². The van der Waals surface area contributed by atoms with Crippen LogP contribution in [-0.2, 0) is 6.54 Å². The van der Waals surface area contributed by atoms with Crippen molar-refractivity contribution in [1.29, 1.82) is 0 Å². The zero-order chi connectivity index (χ0) is 12.8. The van der Waals surface area contributed by atoms with Gasteiger partial charge in [-0.3, -0.25) is 0 Å². The number of ether oxygens (including phenoxy) is 1. The lowest BCUT2D eigenvalue weighted by molar-refractivity contribution is 0.340. The molecule has 0 fully saturated rings. The van der Waals surface area contributed by atoms with Gasteiger partial charge < -0.3 is 10.1 Å². The first-order valence-corrected chi connectivity index (χ1v) is 5.71. The van der Waals surface area contributed by atoms with Crippen LogP contribution in [0.2, 0.25) is 0 Å². The first-order chi connectivity index (χ1) is 8.78. The summed E-state index contributed by atoms with van der Waals surface area (Å²) in [5.74, 6) is 0.786. The van der Waals surface area contributed by atoms with Gasteiger partial charge in [-0.15, -0.1) is 0 Å². The van der Waals surface area contributed by atoms with Crippen molar-refractivity contribution in [3.8, 4) is 5.75 Å². The van der Waals surface area contributed by atoms with E-state index in [-0.39, 0.29) is 0 Å². The highest BCUT2D eigenvalue weighted by molar-refractivity contribution is 5.32. The Morgan fingerprint density at radius 2 is 2.06 bits per heavy atom. The predicted octanol–water partition coefficient (Wildman–Crippen LogP) is 2.63. The van der Waals surface area contributed by atoms with Crippen molar-refractivity contribution in [1.82, 2.24) is 9.97 Å². The number of hydrogen-bond acceptors (Lipinski definition) is 4. The number of anilines is 1. The molecule has 0 aliphatic carbocycles. The molecule has 0 aliphatic heterocycles. The standard InChI is InChI=1S/C13H14FN3O/c1-2-18-12-5-3-4-10(6-12)7-15-13-16-8-11(14)9-17-13/h3-6,8-9H,2,7H2,1H3,(H,15,16,17).